The molecule has 0 N–H and O–H groups in total. The third-order valence-corrected chi connectivity index (χ3v) is 3.44. The van der Waals surface area contributed by atoms with Crippen molar-refractivity contribution >= 4 is 17.0 Å². The predicted molar refractivity (Wildman–Crippen MR) is 82.7 cm³/mol. The predicted octanol–water partition coefficient (Wildman–Crippen LogP) is 4.41. The van der Waals surface area contributed by atoms with Crippen LogP contribution in [0, 0.1) is 6.92 Å². The summed E-state index contributed by atoms with van der Waals surface area (Å²) in [7, 11) is 0. The molecule has 0 spiro atoms. The summed E-state index contributed by atoms with van der Waals surface area (Å²) >= 11 is 0. The van der Waals surface area contributed by atoms with Crippen LogP contribution in [0.1, 0.15) is 11.1 Å². The molecular weight excluding hydrogens is 248 g/mol. The van der Waals surface area contributed by atoms with Crippen molar-refractivity contribution in [1.82, 2.24) is 0 Å². The fourth-order valence-corrected chi connectivity index (χ4v) is 2.40. The fraction of sp³-hybridized carbons (Fsp3) is 0.0556. The van der Waals surface area contributed by atoms with E-state index in [4.69, 9.17) is 4.42 Å². The normalized spacial score (nSPS) is 10.7. The Morgan fingerprint density at radius 1 is 1.05 bits per heavy atom. The Kier molecular flexibility index (Phi) is 2.99. The summed E-state index contributed by atoms with van der Waals surface area (Å²) in [4.78, 5) is 11.8. The highest BCUT2D eigenvalue weighted by Crippen LogP contribution is 2.30. The lowest BCUT2D eigenvalue weighted by atomic mass is 9.97. The smallest absolute Gasteiger partial charge is 0.336 e. The van der Waals surface area contributed by atoms with Crippen LogP contribution in [0.3, 0.4) is 0 Å². The Morgan fingerprint density at radius 2 is 1.85 bits per heavy atom. The molecule has 98 valence electrons. The van der Waals surface area contributed by atoms with Crippen molar-refractivity contribution in [3.05, 3.63) is 76.7 Å². The molecule has 0 saturated carbocycles. The first kappa shape index (κ1) is 12.4. The monoisotopic (exact) mass is 262 g/mol. The minimum atomic E-state index is -0.336. The van der Waals surface area contributed by atoms with Crippen LogP contribution in [0.2, 0.25) is 0 Å². The van der Waals surface area contributed by atoms with Gasteiger partial charge in [0.05, 0.1) is 0 Å². The van der Waals surface area contributed by atoms with Gasteiger partial charge in [-0.2, -0.15) is 0 Å². The first-order chi connectivity index (χ1) is 9.69. The van der Waals surface area contributed by atoms with Gasteiger partial charge in [-0.15, -0.1) is 0 Å². The van der Waals surface area contributed by atoms with Gasteiger partial charge in [-0.1, -0.05) is 49.1 Å². The number of hydrogen-bond acceptors (Lipinski definition) is 2. The van der Waals surface area contributed by atoms with Crippen molar-refractivity contribution in [2.75, 3.05) is 0 Å². The van der Waals surface area contributed by atoms with Crippen LogP contribution in [-0.2, 0) is 0 Å². The summed E-state index contributed by atoms with van der Waals surface area (Å²) < 4.78 is 5.30. The van der Waals surface area contributed by atoms with E-state index in [-0.39, 0.29) is 5.63 Å². The summed E-state index contributed by atoms with van der Waals surface area (Å²) in [5, 5.41) is 0.935. The summed E-state index contributed by atoms with van der Waals surface area (Å²) in [6, 6.07) is 15.3. The van der Waals surface area contributed by atoms with Gasteiger partial charge in [0.25, 0.3) is 0 Å². The van der Waals surface area contributed by atoms with Gasteiger partial charge in [-0.25, -0.2) is 4.79 Å². The first-order valence-corrected chi connectivity index (χ1v) is 6.45. The maximum Gasteiger partial charge on any atom is 0.336 e. The molecule has 0 atom stereocenters. The zero-order chi connectivity index (χ0) is 14.1. The van der Waals surface area contributed by atoms with E-state index in [9.17, 15) is 4.79 Å². The van der Waals surface area contributed by atoms with Crippen LogP contribution in [0.4, 0.5) is 0 Å². The molecule has 2 heteroatoms. The van der Waals surface area contributed by atoms with Gasteiger partial charge in [0, 0.05) is 17.0 Å². The van der Waals surface area contributed by atoms with Gasteiger partial charge in [0.1, 0.15) is 5.58 Å². The van der Waals surface area contributed by atoms with Crippen LogP contribution >= 0.6 is 0 Å². The molecule has 0 saturated heterocycles. The number of fused-ring (bicyclic) bond motifs is 1. The first-order valence-electron chi connectivity index (χ1n) is 6.45. The molecule has 0 unspecified atom stereocenters. The molecule has 3 rings (SSSR count). The van der Waals surface area contributed by atoms with E-state index in [1.165, 1.54) is 0 Å². The maximum atomic E-state index is 11.8. The second-order valence-electron chi connectivity index (χ2n) is 4.75. The fourth-order valence-electron chi connectivity index (χ4n) is 2.40. The summed E-state index contributed by atoms with van der Waals surface area (Å²) in [6.45, 7) is 5.77. The molecule has 0 aliphatic rings. The SMILES string of the molecule is C=Cc1ccc2c(-c3ccccc3C)cc(=O)oc2c1. The highest BCUT2D eigenvalue weighted by Gasteiger charge is 2.09. The van der Waals surface area contributed by atoms with E-state index in [1.54, 1.807) is 12.1 Å². The van der Waals surface area contributed by atoms with Crippen LogP contribution in [0.25, 0.3) is 28.2 Å². The molecule has 0 fully saturated rings. The van der Waals surface area contributed by atoms with Crippen LogP contribution in [0.5, 0.6) is 0 Å². The lowest BCUT2D eigenvalue weighted by Gasteiger charge is -2.08. The molecule has 0 amide bonds. The van der Waals surface area contributed by atoms with Crippen molar-refractivity contribution in [1.29, 1.82) is 0 Å². The summed E-state index contributed by atoms with van der Waals surface area (Å²) in [6.07, 6.45) is 1.74. The van der Waals surface area contributed by atoms with Crippen molar-refractivity contribution < 1.29 is 4.42 Å². The van der Waals surface area contributed by atoms with Gasteiger partial charge < -0.3 is 4.42 Å². The number of rotatable bonds is 2. The average Bonchev–Trinajstić information content (AvgIpc) is 2.46. The quantitative estimate of drug-likeness (QED) is 0.640. The molecule has 0 bridgehead atoms. The zero-order valence-corrected chi connectivity index (χ0v) is 11.2. The molecule has 0 aliphatic heterocycles. The van der Waals surface area contributed by atoms with E-state index < -0.39 is 0 Å². The van der Waals surface area contributed by atoms with Gasteiger partial charge in [-0.05, 0) is 29.7 Å². The van der Waals surface area contributed by atoms with Gasteiger partial charge in [0.15, 0.2) is 0 Å². The molecule has 1 aromatic heterocycles. The van der Waals surface area contributed by atoms with E-state index in [0.717, 1.165) is 27.6 Å². The molecule has 2 aromatic carbocycles. The molecule has 0 aliphatic carbocycles. The Labute approximate surface area is 117 Å². The third kappa shape index (κ3) is 2.05. The van der Waals surface area contributed by atoms with Gasteiger partial charge >= 0.3 is 5.63 Å². The number of benzene rings is 2. The average molecular weight is 262 g/mol. The lowest BCUT2D eigenvalue weighted by molar-refractivity contribution is 0.561. The molecular formula is C18H14O2. The Bertz CT molecular complexity index is 857. The minimum Gasteiger partial charge on any atom is -0.423 e. The van der Waals surface area contributed by atoms with E-state index in [1.807, 2.05) is 49.4 Å². The topological polar surface area (TPSA) is 30.2 Å². The third-order valence-electron chi connectivity index (χ3n) is 3.44. The Hall–Kier alpha value is -2.61. The van der Waals surface area contributed by atoms with Crippen LogP contribution in [0.15, 0.2) is 64.3 Å². The molecule has 1 heterocycles. The summed E-state index contributed by atoms with van der Waals surface area (Å²) in [5.41, 5.74) is 4.28. The largest absolute Gasteiger partial charge is 0.423 e. The molecule has 3 aromatic rings. The van der Waals surface area contributed by atoms with Crippen LogP contribution in [-0.4, -0.2) is 0 Å². The van der Waals surface area contributed by atoms with Crippen molar-refractivity contribution in [2.24, 2.45) is 0 Å². The second kappa shape index (κ2) is 4.82. The van der Waals surface area contributed by atoms with Crippen molar-refractivity contribution in [3.8, 4) is 11.1 Å². The summed E-state index contributed by atoms with van der Waals surface area (Å²) in [5.74, 6) is 0. The van der Waals surface area contributed by atoms with Gasteiger partial charge in [-0.3, -0.25) is 0 Å². The standard InChI is InChI=1S/C18H14O2/c1-3-13-8-9-15-16(11-18(19)20-17(15)10-13)14-7-5-4-6-12(14)2/h3-11H,1H2,2H3. The lowest BCUT2D eigenvalue weighted by Crippen LogP contribution is -1.99. The highest BCUT2D eigenvalue weighted by molar-refractivity contribution is 5.94. The van der Waals surface area contributed by atoms with Crippen molar-refractivity contribution in [2.45, 2.75) is 6.92 Å². The Morgan fingerprint density at radius 3 is 2.60 bits per heavy atom. The van der Waals surface area contributed by atoms with Crippen molar-refractivity contribution in [3.63, 3.8) is 0 Å². The molecule has 20 heavy (non-hydrogen) atoms. The maximum absolute atomic E-state index is 11.8. The van der Waals surface area contributed by atoms with E-state index in [0.29, 0.717) is 5.58 Å². The van der Waals surface area contributed by atoms with Gasteiger partial charge in [0.2, 0.25) is 0 Å². The number of aryl methyl sites for hydroxylation is 1. The second-order valence-corrected chi connectivity index (χ2v) is 4.75. The molecule has 2 nitrogen and oxygen atoms in total. The molecule has 0 radical (unpaired) electrons. The minimum absolute atomic E-state index is 0.336. The number of hydrogen-bond donors (Lipinski definition) is 0. The zero-order valence-electron chi connectivity index (χ0n) is 11.2. The van der Waals surface area contributed by atoms with E-state index >= 15 is 0 Å². The van der Waals surface area contributed by atoms with Crippen LogP contribution < -0.4 is 5.63 Å². The highest BCUT2D eigenvalue weighted by atomic mass is 16.4. The van der Waals surface area contributed by atoms with E-state index in [2.05, 4.69) is 6.58 Å². The Balaban J connectivity index is 2.39.